The number of benzene rings is 2. The zero-order valence-corrected chi connectivity index (χ0v) is 16.9. The monoisotopic (exact) mass is 394 g/mol. The van der Waals surface area contributed by atoms with E-state index in [9.17, 15) is 0 Å². The zero-order valence-electron chi connectivity index (χ0n) is 16.1. The standard InChI is InChI=1S/C23H26N2O2S/c1-2-4-23-19(3-1)14-21(28-23)17-25-9-12-27-22-6-5-18(13-20(22)16-25)15-24-7-10-26-11-8-24/h1-6,13-14H,7-12,15-17H2. The molecule has 0 atom stereocenters. The van der Waals surface area contributed by atoms with Gasteiger partial charge < -0.3 is 9.47 Å². The highest BCUT2D eigenvalue weighted by atomic mass is 32.1. The summed E-state index contributed by atoms with van der Waals surface area (Å²) in [5, 5.41) is 1.35. The van der Waals surface area contributed by atoms with Gasteiger partial charge in [-0.3, -0.25) is 9.80 Å². The summed E-state index contributed by atoms with van der Waals surface area (Å²) in [4.78, 5) is 6.40. The van der Waals surface area contributed by atoms with Crippen molar-refractivity contribution in [3.63, 3.8) is 0 Å². The van der Waals surface area contributed by atoms with Gasteiger partial charge in [0.1, 0.15) is 12.4 Å². The van der Waals surface area contributed by atoms with Crippen molar-refractivity contribution < 1.29 is 9.47 Å². The number of ether oxygens (including phenoxy) is 2. The lowest BCUT2D eigenvalue weighted by atomic mass is 10.1. The van der Waals surface area contributed by atoms with Gasteiger partial charge in [0.25, 0.3) is 0 Å². The molecule has 0 saturated carbocycles. The van der Waals surface area contributed by atoms with Crippen LogP contribution in [0.3, 0.4) is 0 Å². The van der Waals surface area contributed by atoms with Crippen molar-refractivity contribution in [2.45, 2.75) is 19.6 Å². The molecule has 1 aromatic heterocycles. The molecule has 0 bridgehead atoms. The molecule has 2 aromatic carbocycles. The molecule has 1 fully saturated rings. The van der Waals surface area contributed by atoms with Crippen molar-refractivity contribution in [1.82, 2.24) is 9.80 Å². The molecule has 0 radical (unpaired) electrons. The number of morpholine rings is 1. The molecule has 0 amide bonds. The topological polar surface area (TPSA) is 24.9 Å². The normalized spacial score (nSPS) is 18.6. The predicted octanol–water partition coefficient (Wildman–Crippen LogP) is 4.13. The van der Waals surface area contributed by atoms with Gasteiger partial charge in [-0.1, -0.05) is 24.3 Å². The van der Waals surface area contributed by atoms with E-state index in [-0.39, 0.29) is 0 Å². The van der Waals surface area contributed by atoms with Crippen LogP contribution in [0.15, 0.2) is 48.5 Å². The molecule has 2 aliphatic heterocycles. The fourth-order valence-electron chi connectivity index (χ4n) is 4.09. The summed E-state index contributed by atoms with van der Waals surface area (Å²) in [6, 6.07) is 17.7. The maximum absolute atomic E-state index is 6.05. The molecular formula is C23H26N2O2S. The van der Waals surface area contributed by atoms with E-state index in [0.717, 1.165) is 64.8 Å². The van der Waals surface area contributed by atoms with Crippen molar-refractivity contribution in [3.8, 4) is 5.75 Å². The largest absolute Gasteiger partial charge is 0.492 e. The van der Waals surface area contributed by atoms with Crippen LogP contribution >= 0.6 is 11.3 Å². The Bertz CT molecular complexity index is 916. The van der Waals surface area contributed by atoms with Gasteiger partial charge >= 0.3 is 0 Å². The average molecular weight is 395 g/mol. The summed E-state index contributed by atoms with van der Waals surface area (Å²) in [6.07, 6.45) is 0. The third-order valence-electron chi connectivity index (χ3n) is 5.55. The molecule has 4 nitrogen and oxygen atoms in total. The van der Waals surface area contributed by atoms with Crippen LogP contribution in [0.1, 0.15) is 16.0 Å². The molecule has 3 aromatic rings. The summed E-state index contributed by atoms with van der Waals surface area (Å²) in [7, 11) is 0. The van der Waals surface area contributed by atoms with Crippen LogP contribution < -0.4 is 4.74 Å². The van der Waals surface area contributed by atoms with E-state index in [2.05, 4.69) is 58.3 Å². The number of hydrogen-bond donors (Lipinski definition) is 0. The van der Waals surface area contributed by atoms with Crippen molar-refractivity contribution in [1.29, 1.82) is 0 Å². The van der Waals surface area contributed by atoms with Gasteiger partial charge in [0.05, 0.1) is 13.2 Å². The molecule has 0 spiro atoms. The van der Waals surface area contributed by atoms with Crippen molar-refractivity contribution >= 4 is 21.4 Å². The van der Waals surface area contributed by atoms with Gasteiger partial charge in [0.2, 0.25) is 0 Å². The summed E-state index contributed by atoms with van der Waals surface area (Å²) in [6.45, 7) is 8.36. The number of rotatable bonds is 4. The minimum Gasteiger partial charge on any atom is -0.492 e. The molecule has 1 saturated heterocycles. The highest BCUT2D eigenvalue weighted by Gasteiger charge is 2.18. The van der Waals surface area contributed by atoms with Crippen molar-refractivity contribution in [2.75, 3.05) is 39.5 Å². The predicted molar refractivity (Wildman–Crippen MR) is 114 cm³/mol. The molecule has 3 heterocycles. The Morgan fingerprint density at radius 1 is 0.857 bits per heavy atom. The molecule has 0 unspecified atom stereocenters. The smallest absolute Gasteiger partial charge is 0.123 e. The lowest BCUT2D eigenvalue weighted by Crippen LogP contribution is -2.35. The van der Waals surface area contributed by atoms with Gasteiger partial charge in [0, 0.05) is 54.4 Å². The first-order chi connectivity index (χ1) is 13.8. The van der Waals surface area contributed by atoms with E-state index < -0.39 is 0 Å². The fourth-order valence-corrected chi connectivity index (χ4v) is 5.19. The Hall–Kier alpha value is -1.92. The molecule has 2 aliphatic rings. The lowest BCUT2D eigenvalue weighted by Gasteiger charge is -2.27. The highest BCUT2D eigenvalue weighted by molar-refractivity contribution is 7.19. The Kier molecular flexibility index (Phi) is 5.32. The van der Waals surface area contributed by atoms with Gasteiger partial charge in [0.15, 0.2) is 0 Å². The van der Waals surface area contributed by atoms with Crippen molar-refractivity contribution in [2.24, 2.45) is 0 Å². The van der Waals surface area contributed by atoms with Crippen molar-refractivity contribution in [3.05, 3.63) is 64.5 Å². The first-order valence-electron chi connectivity index (χ1n) is 10.1. The third kappa shape index (κ3) is 4.08. The summed E-state index contributed by atoms with van der Waals surface area (Å²) in [5.74, 6) is 1.05. The molecule has 5 heteroatoms. The van der Waals surface area contributed by atoms with Crippen LogP contribution in [0, 0.1) is 0 Å². The van der Waals surface area contributed by atoms with Crippen LogP contribution in [-0.4, -0.2) is 49.3 Å². The summed E-state index contributed by atoms with van der Waals surface area (Å²) >= 11 is 1.90. The van der Waals surface area contributed by atoms with Crippen LogP contribution in [-0.2, 0) is 24.4 Å². The average Bonchev–Trinajstić information content (AvgIpc) is 3.01. The Labute approximate surface area is 170 Å². The number of hydrogen-bond acceptors (Lipinski definition) is 5. The summed E-state index contributed by atoms with van der Waals surface area (Å²) in [5.41, 5.74) is 2.68. The van der Waals surface area contributed by atoms with Gasteiger partial charge in [-0.2, -0.15) is 0 Å². The molecule has 146 valence electrons. The molecule has 28 heavy (non-hydrogen) atoms. The molecule has 5 rings (SSSR count). The van der Waals surface area contributed by atoms with Crippen LogP contribution in [0.5, 0.6) is 5.75 Å². The van der Waals surface area contributed by atoms with E-state index in [0.29, 0.717) is 0 Å². The quantitative estimate of drug-likeness (QED) is 0.664. The SMILES string of the molecule is c1ccc2sc(CN3CCOc4ccc(CN5CCOCC5)cc4C3)cc2c1. The minimum atomic E-state index is 0.751. The van der Waals surface area contributed by atoms with Crippen LogP contribution in [0.4, 0.5) is 0 Å². The second-order valence-corrected chi connectivity index (χ2v) is 8.81. The maximum Gasteiger partial charge on any atom is 0.123 e. The van der Waals surface area contributed by atoms with E-state index in [4.69, 9.17) is 9.47 Å². The minimum absolute atomic E-state index is 0.751. The summed E-state index contributed by atoms with van der Waals surface area (Å²) < 4.78 is 12.9. The number of thiophene rings is 1. The van der Waals surface area contributed by atoms with E-state index in [1.54, 1.807) is 0 Å². The van der Waals surface area contributed by atoms with Crippen LogP contribution in [0.25, 0.3) is 10.1 Å². The first-order valence-corrected chi connectivity index (χ1v) is 10.9. The van der Waals surface area contributed by atoms with Gasteiger partial charge in [-0.15, -0.1) is 11.3 Å². The Morgan fingerprint density at radius 3 is 2.61 bits per heavy atom. The second kappa shape index (κ2) is 8.21. The maximum atomic E-state index is 6.05. The fraction of sp³-hybridized carbons (Fsp3) is 0.391. The van der Waals surface area contributed by atoms with Gasteiger partial charge in [-0.05, 0) is 35.2 Å². The van der Waals surface area contributed by atoms with Gasteiger partial charge in [-0.25, -0.2) is 0 Å². The Morgan fingerprint density at radius 2 is 1.71 bits per heavy atom. The number of nitrogens with zero attached hydrogens (tertiary/aromatic N) is 2. The molecule has 0 aliphatic carbocycles. The van der Waals surface area contributed by atoms with Crippen LogP contribution in [0.2, 0.25) is 0 Å². The Balaban J connectivity index is 1.31. The molecule has 0 N–H and O–H groups in total. The third-order valence-corrected chi connectivity index (χ3v) is 6.65. The van der Waals surface area contributed by atoms with E-state index in [1.165, 1.54) is 26.1 Å². The van der Waals surface area contributed by atoms with E-state index >= 15 is 0 Å². The molecular weight excluding hydrogens is 368 g/mol. The second-order valence-electron chi connectivity index (χ2n) is 7.64. The number of fused-ring (bicyclic) bond motifs is 2. The highest BCUT2D eigenvalue weighted by Crippen LogP contribution is 2.29. The first kappa shape index (κ1) is 18.1. The van der Waals surface area contributed by atoms with E-state index in [1.807, 2.05) is 11.3 Å². The lowest BCUT2D eigenvalue weighted by molar-refractivity contribution is 0.0342. The zero-order chi connectivity index (χ0) is 18.8.